The molecule has 0 aromatic heterocycles. The Hall–Kier alpha value is -6.42. The topological polar surface area (TPSA) is 356 Å². The molecule has 0 radical (unpaired) electrons. The molecule has 8 atom stereocenters. The number of aromatic hydroxyl groups is 1. The number of carboxylic acid groups (broad SMARTS) is 1. The fourth-order valence-electron chi connectivity index (χ4n) is 10.1. The lowest BCUT2D eigenvalue weighted by Crippen LogP contribution is -2.37. The zero-order valence-corrected chi connectivity index (χ0v) is 40.9. The smallest absolute Gasteiger partial charge is 0.336 e. The van der Waals surface area contributed by atoms with E-state index in [4.69, 9.17) is 16.6 Å². The highest BCUT2D eigenvalue weighted by Gasteiger charge is 2.40. The maximum atomic E-state index is 12.9. The van der Waals surface area contributed by atoms with Crippen LogP contribution >= 0.6 is 12.2 Å². The van der Waals surface area contributed by atoms with Gasteiger partial charge in [0.2, 0.25) is 0 Å². The Morgan fingerprint density at radius 2 is 1.14 bits per heavy atom. The van der Waals surface area contributed by atoms with Crippen molar-refractivity contribution in [2.24, 2.45) is 23.7 Å². The van der Waals surface area contributed by atoms with Crippen molar-refractivity contribution in [1.82, 2.24) is 5.32 Å². The summed E-state index contributed by atoms with van der Waals surface area (Å²) in [4.78, 5) is 23.2. The van der Waals surface area contributed by atoms with E-state index in [9.17, 15) is 79.1 Å². The zero-order chi connectivity index (χ0) is 52.6. The van der Waals surface area contributed by atoms with Crippen molar-refractivity contribution in [1.29, 1.82) is 0 Å². The number of rotatable bonds is 7. The molecule has 20 nitrogen and oxygen atoms in total. The normalized spacial score (nSPS) is 25.7. The number of aliphatic hydroxyl groups is 4. The molecule has 1 fully saturated rings. The van der Waals surface area contributed by atoms with Crippen LogP contribution in [0.2, 0.25) is 0 Å². The summed E-state index contributed by atoms with van der Waals surface area (Å²) in [7, 11) is -14.9. The highest BCUT2D eigenvalue weighted by molar-refractivity contribution is 7.90. The first-order chi connectivity index (χ1) is 34.2. The number of aliphatic hydroxyl groups excluding tert-OH is 4. The minimum absolute atomic E-state index is 0.0999. The molecular formula is C49H44N2O18S4. The average molecular weight is 1080 g/mol. The maximum Gasteiger partial charge on any atom is 0.336 e. The van der Waals surface area contributed by atoms with Crippen LogP contribution < -0.4 is 16.1 Å². The number of hydrogen-bond donors (Lipinski definition) is 11. The molecule has 1 aliphatic heterocycles. The lowest BCUT2D eigenvalue weighted by atomic mass is 9.73. The Labute approximate surface area is 421 Å². The first-order valence-electron chi connectivity index (χ1n) is 22.2. The number of carboxylic acids is 1. The van der Waals surface area contributed by atoms with Crippen LogP contribution in [0, 0.1) is 23.7 Å². The largest absolute Gasteiger partial charge is 0.508 e. The maximum absolute atomic E-state index is 12.9. The van der Waals surface area contributed by atoms with Gasteiger partial charge in [0.1, 0.15) is 17.1 Å². The minimum Gasteiger partial charge on any atom is -0.508 e. The summed E-state index contributed by atoms with van der Waals surface area (Å²) in [5.41, 5.74) is 0.702. The van der Waals surface area contributed by atoms with E-state index in [0.717, 1.165) is 36.5 Å². The summed E-state index contributed by atoms with van der Waals surface area (Å²) in [6.07, 6.45) is 0.984. The van der Waals surface area contributed by atoms with Crippen LogP contribution in [0.25, 0.3) is 33.4 Å². The Kier molecular flexibility index (Phi) is 13.5. The molecule has 9 rings (SSSR count). The molecule has 8 bridgehead atoms. The second-order valence-corrected chi connectivity index (χ2v) is 23.0. The van der Waals surface area contributed by atoms with E-state index >= 15 is 0 Å². The van der Waals surface area contributed by atoms with Crippen molar-refractivity contribution >= 4 is 70.3 Å². The third kappa shape index (κ3) is 10.5. The van der Waals surface area contributed by atoms with Gasteiger partial charge in [0.25, 0.3) is 30.4 Å². The number of fused-ring (bicyclic) bond motifs is 10. The number of aromatic carboxylic acids is 1. The van der Waals surface area contributed by atoms with Crippen LogP contribution in [0.4, 0.5) is 5.69 Å². The van der Waals surface area contributed by atoms with E-state index in [1.54, 1.807) is 6.07 Å². The van der Waals surface area contributed by atoms with Gasteiger partial charge in [-0.3, -0.25) is 18.5 Å². The highest BCUT2D eigenvalue weighted by atomic mass is 32.2. The predicted octanol–water partition coefficient (Wildman–Crippen LogP) is 4.70. The number of phenolic OH excluding ortho intramolecular Hbond substituents is 1. The number of allylic oxidation sites excluding steroid dienone is 4. The van der Waals surface area contributed by atoms with E-state index in [-0.39, 0.29) is 85.3 Å². The molecule has 1 heterocycles. The molecule has 0 spiro atoms. The van der Waals surface area contributed by atoms with Crippen molar-refractivity contribution in [3.05, 3.63) is 162 Å². The Balaban J connectivity index is 1.09. The van der Waals surface area contributed by atoms with Crippen LogP contribution in [0.1, 0.15) is 36.0 Å². The fraction of sp³-hybridized carbons (Fsp3) is 0.245. The van der Waals surface area contributed by atoms with Gasteiger partial charge >= 0.3 is 5.97 Å². The van der Waals surface area contributed by atoms with Crippen LogP contribution in [-0.4, -0.2) is 105 Å². The van der Waals surface area contributed by atoms with E-state index in [0.29, 0.717) is 16.5 Å². The van der Waals surface area contributed by atoms with E-state index in [1.165, 1.54) is 60.7 Å². The van der Waals surface area contributed by atoms with Gasteiger partial charge in [0.15, 0.2) is 10.5 Å². The number of carbonyl (C=O) groups is 1. The molecule has 2 aromatic rings. The molecule has 7 aliphatic rings. The van der Waals surface area contributed by atoms with Gasteiger partial charge in [0, 0.05) is 63.7 Å². The summed E-state index contributed by atoms with van der Waals surface area (Å²) >= 11 is 5.69. The summed E-state index contributed by atoms with van der Waals surface area (Å²) in [5.74, 6) is -6.15. The van der Waals surface area contributed by atoms with E-state index in [2.05, 4.69) is 10.6 Å². The minimum atomic E-state index is -4.99. The van der Waals surface area contributed by atoms with Crippen molar-refractivity contribution in [2.45, 2.75) is 50.1 Å². The van der Waals surface area contributed by atoms with Gasteiger partial charge in [0.05, 0.1) is 44.7 Å². The van der Waals surface area contributed by atoms with Gasteiger partial charge in [-0.2, -0.15) is 25.3 Å². The molecule has 2 aromatic carbocycles. The van der Waals surface area contributed by atoms with Gasteiger partial charge in [-0.1, -0.05) is 30.4 Å². The predicted molar refractivity (Wildman–Crippen MR) is 268 cm³/mol. The lowest BCUT2D eigenvalue weighted by molar-refractivity contribution is 0.0697. The number of phenols is 1. The first kappa shape index (κ1) is 51.5. The molecule has 382 valence electrons. The van der Waals surface area contributed by atoms with Crippen molar-refractivity contribution in [2.75, 3.05) is 5.32 Å². The van der Waals surface area contributed by atoms with Gasteiger partial charge in [-0.05, 0) is 126 Å². The van der Waals surface area contributed by atoms with Gasteiger partial charge in [-0.25, -0.2) is 4.79 Å². The molecule has 1 saturated carbocycles. The highest BCUT2D eigenvalue weighted by Crippen LogP contribution is 2.45. The van der Waals surface area contributed by atoms with E-state index < -0.39 is 112 Å². The molecule has 0 saturated heterocycles. The number of thiocarbonyl (C=S) groups is 1. The monoisotopic (exact) mass is 1080 g/mol. The van der Waals surface area contributed by atoms with E-state index in [1.807, 2.05) is 0 Å². The summed E-state index contributed by atoms with van der Waals surface area (Å²) in [5, 5.41) is 74.4. The molecule has 6 aliphatic carbocycles. The Morgan fingerprint density at radius 1 is 0.616 bits per heavy atom. The quantitative estimate of drug-likeness (QED) is 0.0679. The van der Waals surface area contributed by atoms with Gasteiger partial charge < -0.3 is 45.7 Å². The standard InChI is InChI=1S/C49H44N2O18S4/c52-32-2-5-38-41(20-32)69-42-21-33(53)3-6-39(42)43(38)37-4-1-30(19-40(37)48(58)59)50-49(70)51-31-11-22-7-24-13-34(71(60,61)62)15-26(45(24)55)9-28-17-36(73(66,67)68)18-29(47(28)57)10-27-16-35(72(63,64)65)14-25(46(27)56)8-23(12-31)44(22)54/h1-6,11-22,24-25,28,44-47,52,54-57H,7-10H2,(H,58,59)(H2,50,51,70)(H,60,61,62)(H,63,64,65)(H,66,67,68). The average Bonchev–Trinajstić information content (AvgIpc) is 3.29. The molecule has 73 heavy (non-hydrogen) atoms. The SMILES string of the molecule is O=C(O)c1cc(NC(=S)NC2=CC3CC4C=C(S(=O)(=O)O)C=C(CC5C=C(S(=O)(=O)O)C=C(CC6=CC(S(=O)(=O)O)=CC(CC(=C2)C3O)C6O)C5O)C4O)ccc1-c1c2ccc(=O)cc-2oc2cc(O)ccc12. The molecule has 24 heteroatoms. The summed E-state index contributed by atoms with van der Waals surface area (Å²) in [6, 6.07) is 12.7. The second-order valence-electron chi connectivity index (χ2n) is 18.3. The van der Waals surface area contributed by atoms with Crippen LogP contribution in [0.5, 0.6) is 5.75 Å². The summed E-state index contributed by atoms with van der Waals surface area (Å²) in [6.45, 7) is 0. The van der Waals surface area contributed by atoms with Crippen LogP contribution in [-0.2, 0) is 30.4 Å². The number of nitrogens with one attached hydrogen (secondary N) is 2. The summed E-state index contributed by atoms with van der Waals surface area (Å²) < 4.78 is 112. The van der Waals surface area contributed by atoms with Gasteiger partial charge in [-0.15, -0.1) is 0 Å². The second kappa shape index (κ2) is 19.1. The zero-order valence-electron chi connectivity index (χ0n) is 37.6. The van der Waals surface area contributed by atoms with Crippen molar-refractivity contribution < 1.29 is 78.8 Å². The molecule has 0 amide bonds. The number of benzene rings is 3. The van der Waals surface area contributed by atoms with Crippen LogP contribution in [0.15, 0.2) is 155 Å². The molecule has 11 N–H and O–H groups in total. The number of hydrogen-bond acceptors (Lipinski definition) is 15. The Morgan fingerprint density at radius 3 is 1.71 bits per heavy atom. The molecule has 8 unspecified atom stereocenters. The third-order valence-corrected chi connectivity index (χ3v) is 16.2. The first-order valence-corrected chi connectivity index (χ1v) is 26.9. The lowest BCUT2D eigenvalue weighted by Gasteiger charge is -2.37. The van der Waals surface area contributed by atoms with Crippen LogP contribution in [0.3, 0.4) is 0 Å². The molecular weight excluding hydrogens is 1030 g/mol. The fourth-order valence-corrected chi connectivity index (χ4v) is 12.3. The Bertz CT molecular complexity index is 3700. The van der Waals surface area contributed by atoms with Crippen molar-refractivity contribution in [3.8, 4) is 28.2 Å². The van der Waals surface area contributed by atoms with Crippen molar-refractivity contribution in [3.63, 3.8) is 0 Å². The number of anilines is 1. The third-order valence-electron chi connectivity index (χ3n) is 13.5.